The summed E-state index contributed by atoms with van der Waals surface area (Å²) in [6.07, 6.45) is 2.17. The summed E-state index contributed by atoms with van der Waals surface area (Å²) < 4.78 is 5.28. The highest BCUT2D eigenvalue weighted by Crippen LogP contribution is 2.25. The Kier molecular flexibility index (Phi) is 5.01. The van der Waals surface area contributed by atoms with E-state index in [2.05, 4.69) is 39.8 Å². The van der Waals surface area contributed by atoms with Gasteiger partial charge in [0.25, 0.3) is 0 Å². The summed E-state index contributed by atoms with van der Waals surface area (Å²) in [6, 6.07) is 4.51. The molecule has 2 atom stereocenters. The Hall–Kier alpha value is -1.02. The molecular formula is C15H25NO. The lowest BCUT2D eigenvalue weighted by atomic mass is 9.90. The van der Waals surface area contributed by atoms with E-state index in [1.807, 2.05) is 0 Å². The zero-order chi connectivity index (χ0) is 13.0. The van der Waals surface area contributed by atoms with Crippen molar-refractivity contribution in [3.63, 3.8) is 0 Å². The van der Waals surface area contributed by atoms with Gasteiger partial charge in [0, 0.05) is 6.04 Å². The summed E-state index contributed by atoms with van der Waals surface area (Å²) in [5, 5.41) is 0. The lowest BCUT2D eigenvalue weighted by molar-refractivity contribution is 0.413. The van der Waals surface area contributed by atoms with Crippen LogP contribution in [-0.2, 0) is 6.42 Å². The number of aryl methyl sites for hydroxylation is 2. The van der Waals surface area contributed by atoms with Gasteiger partial charge >= 0.3 is 0 Å². The van der Waals surface area contributed by atoms with E-state index in [1.165, 1.54) is 16.7 Å². The van der Waals surface area contributed by atoms with Crippen LogP contribution in [0.15, 0.2) is 12.1 Å². The number of methoxy groups -OCH3 is 1. The van der Waals surface area contributed by atoms with E-state index in [-0.39, 0.29) is 6.04 Å². The van der Waals surface area contributed by atoms with Gasteiger partial charge in [0.15, 0.2) is 0 Å². The Morgan fingerprint density at radius 3 is 2.12 bits per heavy atom. The summed E-state index contributed by atoms with van der Waals surface area (Å²) in [6.45, 7) is 8.66. The average Bonchev–Trinajstić information content (AvgIpc) is 2.22. The quantitative estimate of drug-likeness (QED) is 0.850. The van der Waals surface area contributed by atoms with Crippen molar-refractivity contribution in [1.29, 1.82) is 0 Å². The molecule has 0 spiro atoms. The standard InChI is InChI=1S/C15H25NO/c1-10(6-13(4)16)7-15-11(2)8-14(17-5)9-12(15)3/h8-10,13H,6-7,16H2,1-5H3. The smallest absolute Gasteiger partial charge is 0.119 e. The molecule has 2 heteroatoms. The first-order valence-electron chi connectivity index (χ1n) is 6.33. The molecule has 0 bridgehead atoms. The van der Waals surface area contributed by atoms with Crippen LogP contribution in [0.4, 0.5) is 0 Å². The Bertz CT molecular complexity index is 348. The predicted octanol–water partition coefficient (Wildman–Crippen LogP) is 3.23. The zero-order valence-electron chi connectivity index (χ0n) is 11.7. The molecule has 0 radical (unpaired) electrons. The van der Waals surface area contributed by atoms with Gasteiger partial charge < -0.3 is 10.5 Å². The first-order chi connectivity index (χ1) is 7.93. The van der Waals surface area contributed by atoms with Gasteiger partial charge in [-0.05, 0) is 68.4 Å². The van der Waals surface area contributed by atoms with Crippen LogP contribution in [0.2, 0.25) is 0 Å². The summed E-state index contributed by atoms with van der Waals surface area (Å²) in [5.74, 6) is 1.57. The lowest BCUT2D eigenvalue weighted by Crippen LogP contribution is -2.19. The second-order valence-corrected chi connectivity index (χ2v) is 5.26. The van der Waals surface area contributed by atoms with Gasteiger partial charge in [-0.1, -0.05) is 6.92 Å². The van der Waals surface area contributed by atoms with Crippen molar-refractivity contribution in [2.45, 2.75) is 46.6 Å². The van der Waals surface area contributed by atoms with E-state index in [9.17, 15) is 0 Å². The molecule has 0 fully saturated rings. The van der Waals surface area contributed by atoms with Gasteiger partial charge in [-0.25, -0.2) is 0 Å². The Morgan fingerprint density at radius 1 is 1.18 bits per heavy atom. The van der Waals surface area contributed by atoms with Gasteiger partial charge in [0.1, 0.15) is 5.75 Å². The molecule has 96 valence electrons. The van der Waals surface area contributed by atoms with E-state index in [1.54, 1.807) is 7.11 Å². The molecule has 0 saturated heterocycles. The first kappa shape index (κ1) is 14.0. The SMILES string of the molecule is COc1cc(C)c(CC(C)CC(C)N)c(C)c1. The summed E-state index contributed by atoms with van der Waals surface area (Å²) in [7, 11) is 1.71. The molecule has 0 amide bonds. The molecule has 2 N–H and O–H groups in total. The van der Waals surface area contributed by atoms with Crippen LogP contribution in [0.5, 0.6) is 5.75 Å². The first-order valence-corrected chi connectivity index (χ1v) is 6.33. The maximum Gasteiger partial charge on any atom is 0.119 e. The van der Waals surface area contributed by atoms with E-state index < -0.39 is 0 Å². The predicted molar refractivity (Wildman–Crippen MR) is 73.6 cm³/mol. The molecule has 0 saturated carbocycles. The van der Waals surface area contributed by atoms with Crippen LogP contribution in [0.25, 0.3) is 0 Å². The van der Waals surface area contributed by atoms with Crippen LogP contribution in [-0.4, -0.2) is 13.2 Å². The minimum atomic E-state index is 0.281. The van der Waals surface area contributed by atoms with Crippen molar-refractivity contribution in [1.82, 2.24) is 0 Å². The molecule has 2 nitrogen and oxygen atoms in total. The number of ether oxygens (including phenoxy) is 1. The fourth-order valence-electron chi connectivity index (χ4n) is 2.46. The molecule has 1 rings (SSSR count). The maximum atomic E-state index is 5.85. The zero-order valence-corrected chi connectivity index (χ0v) is 11.7. The van der Waals surface area contributed by atoms with Crippen molar-refractivity contribution in [3.8, 4) is 5.75 Å². The number of benzene rings is 1. The number of hydrogen-bond donors (Lipinski definition) is 1. The van der Waals surface area contributed by atoms with Crippen LogP contribution in [0.1, 0.15) is 37.0 Å². The van der Waals surface area contributed by atoms with Crippen molar-refractivity contribution in [2.24, 2.45) is 11.7 Å². The van der Waals surface area contributed by atoms with Crippen LogP contribution in [0.3, 0.4) is 0 Å². The summed E-state index contributed by atoms with van der Waals surface area (Å²) >= 11 is 0. The average molecular weight is 235 g/mol. The number of hydrogen-bond acceptors (Lipinski definition) is 2. The van der Waals surface area contributed by atoms with Crippen LogP contribution >= 0.6 is 0 Å². The van der Waals surface area contributed by atoms with Gasteiger partial charge in [-0.15, -0.1) is 0 Å². The Labute approximate surface area is 105 Å². The number of nitrogens with two attached hydrogens (primary N) is 1. The minimum absolute atomic E-state index is 0.281. The van der Waals surface area contributed by atoms with Crippen molar-refractivity contribution < 1.29 is 4.74 Å². The van der Waals surface area contributed by atoms with Crippen molar-refractivity contribution in [3.05, 3.63) is 28.8 Å². The van der Waals surface area contributed by atoms with Gasteiger partial charge in [-0.3, -0.25) is 0 Å². The second kappa shape index (κ2) is 6.06. The van der Waals surface area contributed by atoms with E-state index in [0.717, 1.165) is 18.6 Å². The Balaban J connectivity index is 2.84. The molecular weight excluding hydrogens is 210 g/mol. The van der Waals surface area contributed by atoms with E-state index >= 15 is 0 Å². The fourth-order valence-corrected chi connectivity index (χ4v) is 2.46. The highest BCUT2D eigenvalue weighted by Gasteiger charge is 2.11. The largest absolute Gasteiger partial charge is 0.497 e. The maximum absolute atomic E-state index is 5.85. The minimum Gasteiger partial charge on any atom is -0.497 e. The van der Waals surface area contributed by atoms with E-state index in [4.69, 9.17) is 10.5 Å². The third-order valence-corrected chi connectivity index (χ3v) is 3.23. The number of rotatable bonds is 5. The monoisotopic (exact) mass is 235 g/mol. The second-order valence-electron chi connectivity index (χ2n) is 5.26. The molecule has 0 aliphatic carbocycles. The molecule has 1 aromatic rings. The lowest BCUT2D eigenvalue weighted by Gasteiger charge is -2.18. The molecule has 2 unspecified atom stereocenters. The molecule has 17 heavy (non-hydrogen) atoms. The van der Waals surface area contributed by atoms with Crippen molar-refractivity contribution in [2.75, 3.05) is 7.11 Å². The summed E-state index contributed by atoms with van der Waals surface area (Å²) in [5.41, 5.74) is 9.93. The molecule has 0 heterocycles. The molecule has 0 aromatic heterocycles. The van der Waals surface area contributed by atoms with E-state index in [0.29, 0.717) is 5.92 Å². The topological polar surface area (TPSA) is 35.2 Å². The Morgan fingerprint density at radius 2 is 1.71 bits per heavy atom. The van der Waals surface area contributed by atoms with Crippen LogP contribution < -0.4 is 10.5 Å². The summed E-state index contributed by atoms with van der Waals surface area (Å²) in [4.78, 5) is 0. The fraction of sp³-hybridized carbons (Fsp3) is 0.600. The molecule has 0 aliphatic rings. The van der Waals surface area contributed by atoms with Gasteiger partial charge in [-0.2, -0.15) is 0 Å². The molecule has 0 aliphatic heterocycles. The van der Waals surface area contributed by atoms with Crippen LogP contribution in [0, 0.1) is 19.8 Å². The van der Waals surface area contributed by atoms with Gasteiger partial charge in [0.2, 0.25) is 0 Å². The molecule has 1 aromatic carbocycles. The van der Waals surface area contributed by atoms with Crippen molar-refractivity contribution >= 4 is 0 Å². The third kappa shape index (κ3) is 4.04. The normalized spacial score (nSPS) is 14.5. The highest BCUT2D eigenvalue weighted by molar-refractivity contribution is 5.41. The van der Waals surface area contributed by atoms with Gasteiger partial charge in [0.05, 0.1) is 7.11 Å². The highest BCUT2D eigenvalue weighted by atomic mass is 16.5. The third-order valence-electron chi connectivity index (χ3n) is 3.23.